The van der Waals surface area contributed by atoms with Crippen LogP contribution in [-0.2, 0) is 4.79 Å². The van der Waals surface area contributed by atoms with Crippen LogP contribution in [0.5, 0.6) is 11.5 Å². The van der Waals surface area contributed by atoms with E-state index in [1.54, 1.807) is 20.3 Å². The lowest BCUT2D eigenvalue weighted by molar-refractivity contribution is -0.113. The number of amides is 1. The Balaban J connectivity index is 1.60. The van der Waals surface area contributed by atoms with Gasteiger partial charge in [-0.3, -0.25) is 4.79 Å². The van der Waals surface area contributed by atoms with E-state index in [0.717, 1.165) is 40.9 Å². The molecule has 0 aliphatic heterocycles. The first kappa shape index (κ1) is 19.9. The molecule has 0 atom stereocenters. The Morgan fingerprint density at radius 1 is 1.13 bits per heavy atom. The zero-order valence-electron chi connectivity index (χ0n) is 16.0. The minimum atomic E-state index is -0.710. The van der Waals surface area contributed by atoms with Gasteiger partial charge in [-0.1, -0.05) is 11.8 Å². The average Bonchev–Trinajstić information content (AvgIpc) is 3.11. The molecule has 4 rings (SSSR count). The molecule has 0 bridgehead atoms. The van der Waals surface area contributed by atoms with Crippen molar-refractivity contribution >= 4 is 45.3 Å². The topological polar surface area (TPSA) is 89.1 Å². The molecule has 0 radical (unpaired) electrons. The van der Waals surface area contributed by atoms with E-state index in [4.69, 9.17) is 9.47 Å². The zero-order valence-corrected chi connectivity index (χ0v) is 16.8. The average molecular weight is 430 g/mol. The number of carbonyl (C=O) groups excluding carboxylic acids is 1. The van der Waals surface area contributed by atoms with Gasteiger partial charge >= 0.3 is 0 Å². The Hall–Kier alpha value is -3.40. The van der Waals surface area contributed by atoms with E-state index < -0.39 is 17.5 Å². The maximum absolute atomic E-state index is 13.7. The Bertz CT molecular complexity index is 1260. The summed E-state index contributed by atoms with van der Waals surface area (Å²) in [5.41, 5.74) is 1.88. The van der Waals surface area contributed by atoms with E-state index in [1.807, 2.05) is 6.07 Å². The fourth-order valence-corrected chi connectivity index (χ4v) is 3.78. The predicted molar refractivity (Wildman–Crippen MR) is 110 cm³/mol. The zero-order chi connectivity index (χ0) is 21.3. The maximum atomic E-state index is 13.7. The highest BCUT2D eigenvalue weighted by Crippen LogP contribution is 2.36. The largest absolute Gasteiger partial charge is 0.493 e. The lowest BCUT2D eigenvalue weighted by Gasteiger charge is -2.07. The number of anilines is 1. The van der Waals surface area contributed by atoms with Crippen molar-refractivity contribution in [2.45, 2.75) is 5.03 Å². The number of nitrogens with zero attached hydrogens (tertiary/aromatic N) is 2. The molecule has 2 N–H and O–H groups in total. The van der Waals surface area contributed by atoms with Crippen molar-refractivity contribution in [3.8, 4) is 11.5 Å². The highest BCUT2D eigenvalue weighted by molar-refractivity contribution is 8.00. The molecule has 154 valence electrons. The summed E-state index contributed by atoms with van der Waals surface area (Å²) in [6.07, 6.45) is 1.40. The summed E-state index contributed by atoms with van der Waals surface area (Å²) in [5.74, 6) is -0.760. The number of ether oxygens (including phenoxy) is 2. The quantitative estimate of drug-likeness (QED) is 0.353. The Morgan fingerprint density at radius 3 is 2.67 bits per heavy atom. The van der Waals surface area contributed by atoms with Gasteiger partial charge in [-0.15, -0.1) is 0 Å². The van der Waals surface area contributed by atoms with Crippen molar-refractivity contribution in [3.63, 3.8) is 0 Å². The first-order valence-electron chi connectivity index (χ1n) is 8.76. The van der Waals surface area contributed by atoms with Crippen molar-refractivity contribution in [1.29, 1.82) is 0 Å². The summed E-state index contributed by atoms with van der Waals surface area (Å²) in [5, 5.41) is 3.73. The van der Waals surface area contributed by atoms with Crippen molar-refractivity contribution in [3.05, 3.63) is 48.3 Å². The summed E-state index contributed by atoms with van der Waals surface area (Å²) >= 11 is 1.15. The first-order valence-corrected chi connectivity index (χ1v) is 9.75. The van der Waals surface area contributed by atoms with Crippen molar-refractivity contribution in [1.82, 2.24) is 15.0 Å². The Labute approximate surface area is 173 Å². The number of nitrogens with one attached hydrogen (secondary N) is 2. The van der Waals surface area contributed by atoms with Gasteiger partial charge < -0.3 is 19.8 Å². The summed E-state index contributed by atoms with van der Waals surface area (Å²) < 4.78 is 37.7. The number of H-pyrrole nitrogens is 1. The van der Waals surface area contributed by atoms with E-state index in [0.29, 0.717) is 27.6 Å². The monoisotopic (exact) mass is 430 g/mol. The molecule has 10 heteroatoms. The van der Waals surface area contributed by atoms with Crippen LogP contribution in [0, 0.1) is 11.6 Å². The molecule has 0 unspecified atom stereocenters. The predicted octanol–water partition coefficient (Wildman–Crippen LogP) is 4.14. The summed E-state index contributed by atoms with van der Waals surface area (Å²) in [6, 6.07) is 6.48. The highest BCUT2D eigenvalue weighted by Gasteiger charge is 2.16. The Kier molecular flexibility index (Phi) is 5.40. The molecule has 0 spiro atoms. The van der Waals surface area contributed by atoms with Gasteiger partial charge in [-0.05, 0) is 18.2 Å². The van der Waals surface area contributed by atoms with Crippen LogP contribution < -0.4 is 14.8 Å². The molecule has 4 aromatic rings. The van der Waals surface area contributed by atoms with E-state index in [-0.39, 0.29) is 11.4 Å². The second-order valence-corrected chi connectivity index (χ2v) is 7.21. The summed E-state index contributed by atoms with van der Waals surface area (Å²) in [4.78, 5) is 24.0. The minimum absolute atomic E-state index is 0.0515. The number of halogens is 2. The molecule has 0 aliphatic rings. The van der Waals surface area contributed by atoms with Crippen LogP contribution in [0.1, 0.15) is 0 Å². The first-order chi connectivity index (χ1) is 14.5. The van der Waals surface area contributed by atoms with Gasteiger partial charge in [0.2, 0.25) is 5.91 Å². The maximum Gasteiger partial charge on any atom is 0.234 e. The molecule has 30 heavy (non-hydrogen) atoms. The summed E-state index contributed by atoms with van der Waals surface area (Å²) in [6.45, 7) is 0. The molecule has 0 fully saturated rings. The second-order valence-electron chi connectivity index (χ2n) is 6.24. The molecule has 2 aromatic carbocycles. The van der Waals surface area contributed by atoms with Crippen molar-refractivity contribution in [2.75, 3.05) is 25.3 Å². The third-order valence-electron chi connectivity index (χ3n) is 4.39. The lowest BCUT2D eigenvalue weighted by atomic mass is 10.2. The number of rotatable bonds is 6. The minimum Gasteiger partial charge on any atom is -0.493 e. The van der Waals surface area contributed by atoms with Gasteiger partial charge in [-0.2, -0.15) is 0 Å². The van der Waals surface area contributed by atoms with Gasteiger partial charge in [-0.25, -0.2) is 18.7 Å². The molecule has 2 heterocycles. The van der Waals surface area contributed by atoms with Crippen LogP contribution in [0.25, 0.3) is 21.9 Å². The number of carbonyl (C=O) groups is 1. The van der Waals surface area contributed by atoms with Crippen LogP contribution in [0.2, 0.25) is 0 Å². The van der Waals surface area contributed by atoms with Crippen LogP contribution in [0.15, 0.2) is 41.7 Å². The van der Waals surface area contributed by atoms with Crippen LogP contribution in [0.3, 0.4) is 0 Å². The van der Waals surface area contributed by atoms with Crippen molar-refractivity contribution in [2.24, 2.45) is 0 Å². The molecule has 0 aliphatic carbocycles. The number of aromatic nitrogens is 3. The van der Waals surface area contributed by atoms with Gasteiger partial charge in [0.05, 0.1) is 36.7 Å². The lowest BCUT2D eigenvalue weighted by Crippen LogP contribution is -2.15. The number of thioether (sulfide) groups is 1. The molecular formula is C20H16F2N4O3S. The van der Waals surface area contributed by atoms with Gasteiger partial charge in [0.1, 0.15) is 28.5 Å². The fraction of sp³-hybridized carbons (Fsp3) is 0.150. The van der Waals surface area contributed by atoms with Crippen LogP contribution in [0.4, 0.5) is 14.5 Å². The number of methoxy groups -OCH3 is 2. The number of hydrogen-bond donors (Lipinski definition) is 2. The van der Waals surface area contributed by atoms with Crippen LogP contribution >= 0.6 is 11.8 Å². The second kappa shape index (κ2) is 8.15. The van der Waals surface area contributed by atoms with Crippen molar-refractivity contribution < 1.29 is 23.0 Å². The van der Waals surface area contributed by atoms with E-state index >= 15 is 0 Å². The van der Waals surface area contributed by atoms with Gasteiger partial charge in [0, 0.05) is 17.5 Å². The molecule has 0 saturated carbocycles. The van der Waals surface area contributed by atoms with E-state index in [2.05, 4.69) is 20.3 Å². The molecule has 1 amide bonds. The highest BCUT2D eigenvalue weighted by atomic mass is 32.2. The molecule has 7 nitrogen and oxygen atoms in total. The fourth-order valence-electron chi connectivity index (χ4n) is 3.02. The van der Waals surface area contributed by atoms with E-state index in [9.17, 15) is 13.6 Å². The van der Waals surface area contributed by atoms with Gasteiger partial charge in [0.25, 0.3) is 0 Å². The third kappa shape index (κ3) is 3.73. The van der Waals surface area contributed by atoms with Crippen LogP contribution in [-0.4, -0.2) is 40.8 Å². The van der Waals surface area contributed by atoms with Gasteiger partial charge in [0.15, 0.2) is 11.5 Å². The smallest absolute Gasteiger partial charge is 0.234 e. The number of aromatic amines is 1. The normalized spacial score (nSPS) is 11.1. The standard InChI is InChI=1S/C20H16F2N4O3S/c1-28-15-6-11-13(7-16(15)29-2)26-19-18(11)23-9-24-20(19)30-8-17(27)25-14-5-10(21)3-4-12(14)22/h3-7,9,26H,8H2,1-2H3,(H,25,27). The number of hydrogen-bond acceptors (Lipinski definition) is 6. The third-order valence-corrected chi connectivity index (χ3v) is 5.38. The molecule has 2 aromatic heterocycles. The SMILES string of the molecule is COc1cc2[nH]c3c(SCC(=O)Nc4cc(F)ccc4F)ncnc3c2cc1OC. The number of benzene rings is 2. The Morgan fingerprint density at radius 2 is 1.90 bits per heavy atom. The molecule has 0 saturated heterocycles. The van der Waals surface area contributed by atoms with E-state index in [1.165, 1.54) is 6.33 Å². The summed E-state index contributed by atoms with van der Waals surface area (Å²) in [7, 11) is 3.10. The molecular weight excluding hydrogens is 414 g/mol. The number of fused-ring (bicyclic) bond motifs is 3.